The number of fused-ring (bicyclic) bond motifs is 1. The van der Waals surface area contributed by atoms with Gasteiger partial charge in [0.1, 0.15) is 5.82 Å². The van der Waals surface area contributed by atoms with Crippen molar-refractivity contribution in [2.24, 2.45) is 5.92 Å². The zero-order valence-corrected chi connectivity index (χ0v) is 21.5. The number of amides is 1. The number of nitrogens with one attached hydrogen (secondary N) is 2. The van der Waals surface area contributed by atoms with Gasteiger partial charge in [-0.05, 0) is 55.0 Å². The van der Waals surface area contributed by atoms with Gasteiger partial charge < -0.3 is 20.1 Å². The number of H-pyrrole nitrogens is 1. The van der Waals surface area contributed by atoms with Crippen LogP contribution in [0.4, 0.5) is 21.7 Å². The third kappa shape index (κ3) is 5.04. The van der Waals surface area contributed by atoms with Gasteiger partial charge in [-0.15, -0.1) is 0 Å². The molecule has 0 radical (unpaired) electrons. The number of halogens is 1. The van der Waals surface area contributed by atoms with Crippen LogP contribution in [0.15, 0.2) is 60.9 Å². The molecule has 11 heteroatoms. The zero-order chi connectivity index (χ0) is 26.3. The molecule has 4 heterocycles. The molecule has 0 aliphatic carbocycles. The molecule has 2 saturated heterocycles. The Balaban J connectivity index is 1.08. The lowest BCUT2D eigenvalue weighted by atomic mass is 10.1. The zero-order valence-electron chi connectivity index (χ0n) is 20.7. The van der Waals surface area contributed by atoms with Gasteiger partial charge in [0.15, 0.2) is 0 Å². The minimum absolute atomic E-state index is 0.0432. The van der Waals surface area contributed by atoms with Crippen molar-refractivity contribution in [3.63, 3.8) is 0 Å². The van der Waals surface area contributed by atoms with Crippen LogP contribution in [0.2, 0.25) is 0 Å². The maximum Gasteiger partial charge on any atom is 0.227 e. The highest BCUT2D eigenvalue weighted by molar-refractivity contribution is 8.24. The fraction of sp³-hybridized carbons (Fsp3) is 0.296. The summed E-state index contributed by atoms with van der Waals surface area (Å²) >= 11 is 0. The molecule has 1 atom stereocenters. The molecule has 4 aromatic rings. The molecule has 2 aliphatic rings. The van der Waals surface area contributed by atoms with Gasteiger partial charge in [-0.1, -0.05) is 0 Å². The average molecular weight is 537 g/mol. The molecule has 9 nitrogen and oxygen atoms in total. The Bertz CT molecular complexity index is 1470. The number of hydrogen-bond donors (Lipinski definition) is 4. The topological polar surface area (TPSA) is 118 Å². The van der Waals surface area contributed by atoms with Crippen LogP contribution in [-0.2, 0) is 4.79 Å². The molecule has 38 heavy (non-hydrogen) atoms. The van der Waals surface area contributed by atoms with Crippen LogP contribution >= 0.6 is 10.6 Å². The minimum Gasteiger partial charge on any atom is -0.368 e. The van der Waals surface area contributed by atoms with Crippen LogP contribution < -0.4 is 10.2 Å². The van der Waals surface area contributed by atoms with Crippen molar-refractivity contribution in [3.05, 3.63) is 66.7 Å². The first-order valence-electron chi connectivity index (χ1n) is 12.6. The van der Waals surface area contributed by atoms with E-state index in [9.17, 15) is 18.3 Å². The van der Waals surface area contributed by atoms with Crippen LogP contribution in [0.1, 0.15) is 6.42 Å². The first kappa shape index (κ1) is 24.7. The summed E-state index contributed by atoms with van der Waals surface area (Å²) in [6, 6.07) is 14.4. The second-order valence-electron chi connectivity index (χ2n) is 9.80. The Morgan fingerprint density at radius 1 is 1.08 bits per heavy atom. The number of aromatic amines is 1. The van der Waals surface area contributed by atoms with E-state index in [-0.39, 0.29) is 23.4 Å². The van der Waals surface area contributed by atoms with Crippen LogP contribution in [0.25, 0.3) is 22.2 Å². The van der Waals surface area contributed by atoms with Crippen molar-refractivity contribution in [3.8, 4) is 11.3 Å². The molecule has 1 unspecified atom stereocenters. The molecule has 0 spiro atoms. The summed E-state index contributed by atoms with van der Waals surface area (Å²) in [5, 5.41) is 4.00. The van der Waals surface area contributed by atoms with Gasteiger partial charge in [0.25, 0.3) is 0 Å². The van der Waals surface area contributed by atoms with Crippen LogP contribution in [0, 0.1) is 11.7 Å². The van der Waals surface area contributed by atoms with Gasteiger partial charge in [-0.25, -0.2) is 14.4 Å². The Labute approximate surface area is 221 Å². The Morgan fingerprint density at radius 2 is 1.87 bits per heavy atom. The molecule has 0 saturated carbocycles. The van der Waals surface area contributed by atoms with Crippen LogP contribution in [0.5, 0.6) is 0 Å². The van der Waals surface area contributed by atoms with E-state index in [0.29, 0.717) is 36.9 Å². The monoisotopic (exact) mass is 536 g/mol. The second-order valence-corrected chi connectivity index (χ2v) is 12.1. The van der Waals surface area contributed by atoms with Gasteiger partial charge in [0, 0.05) is 77.9 Å². The summed E-state index contributed by atoms with van der Waals surface area (Å²) in [5.74, 6) is 0.455. The van der Waals surface area contributed by atoms with E-state index < -0.39 is 10.6 Å². The highest BCUT2D eigenvalue weighted by atomic mass is 32.3. The third-order valence-electron chi connectivity index (χ3n) is 7.27. The lowest BCUT2D eigenvalue weighted by Gasteiger charge is -2.37. The van der Waals surface area contributed by atoms with Gasteiger partial charge in [0.05, 0.1) is 11.6 Å². The maximum absolute atomic E-state index is 13.8. The Morgan fingerprint density at radius 3 is 2.61 bits per heavy atom. The Kier molecular flexibility index (Phi) is 6.42. The quantitative estimate of drug-likeness (QED) is 0.286. The summed E-state index contributed by atoms with van der Waals surface area (Å²) in [6.07, 6.45) is 4.05. The highest BCUT2D eigenvalue weighted by Gasteiger charge is 2.36. The molecule has 2 fully saturated rings. The highest BCUT2D eigenvalue weighted by Crippen LogP contribution is 2.48. The number of anilines is 3. The van der Waals surface area contributed by atoms with E-state index in [1.165, 1.54) is 12.1 Å². The molecule has 2 aromatic heterocycles. The molecule has 0 bridgehead atoms. The number of aromatic nitrogens is 3. The minimum atomic E-state index is -2.57. The largest absolute Gasteiger partial charge is 0.368 e. The molecule has 2 aromatic carbocycles. The maximum atomic E-state index is 13.8. The van der Waals surface area contributed by atoms with E-state index in [0.717, 1.165) is 40.9 Å². The van der Waals surface area contributed by atoms with E-state index in [1.54, 1.807) is 18.3 Å². The fourth-order valence-electron chi connectivity index (χ4n) is 5.22. The molecule has 1 amide bonds. The van der Waals surface area contributed by atoms with Crippen molar-refractivity contribution >= 4 is 44.7 Å². The van der Waals surface area contributed by atoms with E-state index in [1.807, 2.05) is 35.4 Å². The first-order chi connectivity index (χ1) is 18.3. The number of rotatable bonds is 5. The van der Waals surface area contributed by atoms with E-state index in [2.05, 4.69) is 25.2 Å². The van der Waals surface area contributed by atoms with Gasteiger partial charge in [-0.2, -0.15) is 10.6 Å². The average Bonchev–Trinajstić information content (AvgIpc) is 3.51. The van der Waals surface area contributed by atoms with Crippen molar-refractivity contribution in [2.45, 2.75) is 6.42 Å². The first-order valence-corrected chi connectivity index (χ1v) is 14.5. The number of carbonyl (C=O) groups is 1. The molecule has 6 rings (SSSR count). The summed E-state index contributed by atoms with van der Waals surface area (Å²) in [5.41, 5.74) is 4.23. The van der Waals surface area contributed by atoms with Gasteiger partial charge in [-0.3, -0.25) is 13.9 Å². The summed E-state index contributed by atoms with van der Waals surface area (Å²) in [4.78, 5) is 29.0. The predicted octanol–water partition coefficient (Wildman–Crippen LogP) is 4.93. The van der Waals surface area contributed by atoms with Crippen molar-refractivity contribution in [1.29, 1.82) is 0 Å². The third-order valence-corrected chi connectivity index (χ3v) is 9.09. The van der Waals surface area contributed by atoms with Gasteiger partial charge >= 0.3 is 0 Å². The second kappa shape index (κ2) is 9.90. The number of carbonyl (C=O) groups excluding carboxylic acids is 1. The number of nitrogens with zero attached hydrogens (tertiary/aromatic N) is 4. The molecule has 198 valence electrons. The predicted molar refractivity (Wildman–Crippen MR) is 148 cm³/mol. The molecule has 4 N–H and O–H groups in total. The molecular weight excluding hydrogens is 507 g/mol. The summed E-state index contributed by atoms with van der Waals surface area (Å²) in [7, 11) is -2.57. The molecule has 2 aliphatic heterocycles. The number of piperazine rings is 1. The van der Waals surface area contributed by atoms with Crippen molar-refractivity contribution in [2.75, 3.05) is 47.9 Å². The number of hydrogen-bond acceptors (Lipinski definition) is 7. The SMILES string of the molecule is O=C(C1CCS(O)(O)C1)N1CCN(c2ccc(Nc3nccc(-c4c[nH]c5ccc(F)cc45)n3)cc2)CC1. The fourth-order valence-corrected chi connectivity index (χ4v) is 7.00. The van der Waals surface area contributed by atoms with Gasteiger partial charge in [0.2, 0.25) is 11.9 Å². The summed E-state index contributed by atoms with van der Waals surface area (Å²) in [6.45, 7) is 2.68. The van der Waals surface area contributed by atoms with E-state index in [4.69, 9.17) is 0 Å². The standard InChI is InChI=1S/C27H29FN6O3S/c28-19-1-6-24-22(15-19)23(16-30-24)25-7-9-29-27(32-25)31-20-2-4-21(5-3-20)33-10-12-34(13-11-33)26(35)18-8-14-38(36,37)17-18/h1-7,9,15-16,18,30,36-37H,8,10-14,17H2,(H,29,31,32). The normalized spacial score (nSPS) is 20.0. The van der Waals surface area contributed by atoms with Crippen molar-refractivity contribution < 1.29 is 18.3 Å². The smallest absolute Gasteiger partial charge is 0.227 e. The van der Waals surface area contributed by atoms with E-state index >= 15 is 0 Å². The number of benzene rings is 2. The van der Waals surface area contributed by atoms with Crippen LogP contribution in [-0.4, -0.2) is 72.5 Å². The summed E-state index contributed by atoms with van der Waals surface area (Å²) < 4.78 is 33.5. The molecular formula is C27H29FN6O3S. The Hall–Kier alpha value is -3.67. The lowest BCUT2D eigenvalue weighted by molar-refractivity contribution is -0.135. The lowest BCUT2D eigenvalue weighted by Crippen LogP contribution is -2.50. The van der Waals surface area contributed by atoms with Crippen LogP contribution in [0.3, 0.4) is 0 Å². The van der Waals surface area contributed by atoms with Crippen molar-refractivity contribution in [1.82, 2.24) is 19.9 Å².